The highest BCUT2D eigenvalue weighted by Crippen LogP contribution is 2.12. The van der Waals surface area contributed by atoms with E-state index in [0.29, 0.717) is 12.4 Å². The van der Waals surface area contributed by atoms with Crippen molar-refractivity contribution in [2.75, 3.05) is 5.32 Å². The average molecular weight is 247 g/mol. The summed E-state index contributed by atoms with van der Waals surface area (Å²) in [6.07, 6.45) is 0. The molecule has 0 fully saturated rings. The molecule has 0 unspecified atom stereocenters. The van der Waals surface area contributed by atoms with Crippen molar-refractivity contribution in [1.82, 2.24) is 9.78 Å². The van der Waals surface area contributed by atoms with Crippen molar-refractivity contribution >= 4 is 11.7 Å². The van der Waals surface area contributed by atoms with Gasteiger partial charge >= 0.3 is 0 Å². The minimum Gasteiger partial charge on any atom is -0.307 e. The number of anilines is 1. The summed E-state index contributed by atoms with van der Waals surface area (Å²) in [5.41, 5.74) is 1.11. The first-order valence-corrected chi connectivity index (χ1v) is 5.71. The molecule has 1 aromatic heterocycles. The summed E-state index contributed by atoms with van der Waals surface area (Å²) in [4.78, 5) is 11.9. The van der Waals surface area contributed by atoms with E-state index < -0.39 is 5.82 Å². The van der Waals surface area contributed by atoms with Gasteiger partial charge in [-0.2, -0.15) is 5.10 Å². The second kappa shape index (κ2) is 5.00. The SMILES string of the molecule is CCn1nc(C)cc1NC(=O)c1cccc(F)c1. The van der Waals surface area contributed by atoms with Crippen molar-refractivity contribution in [1.29, 1.82) is 0 Å². The Kier molecular flexibility index (Phi) is 3.41. The molecule has 2 rings (SSSR count). The Bertz CT molecular complexity index is 577. The highest BCUT2D eigenvalue weighted by molar-refractivity contribution is 6.03. The van der Waals surface area contributed by atoms with Crippen LogP contribution in [0.1, 0.15) is 23.0 Å². The average Bonchev–Trinajstić information content (AvgIpc) is 2.69. The third-order valence-corrected chi connectivity index (χ3v) is 2.53. The van der Waals surface area contributed by atoms with Crippen LogP contribution in [0.25, 0.3) is 0 Å². The number of nitrogens with zero attached hydrogens (tertiary/aromatic N) is 2. The summed E-state index contributed by atoms with van der Waals surface area (Å²) in [5, 5.41) is 6.94. The lowest BCUT2D eigenvalue weighted by molar-refractivity contribution is 0.102. The summed E-state index contributed by atoms with van der Waals surface area (Å²) in [6, 6.07) is 7.36. The van der Waals surface area contributed by atoms with Crippen molar-refractivity contribution in [3.8, 4) is 0 Å². The molecule has 1 heterocycles. The van der Waals surface area contributed by atoms with Crippen LogP contribution in [-0.4, -0.2) is 15.7 Å². The van der Waals surface area contributed by atoms with Crippen LogP contribution in [0.4, 0.5) is 10.2 Å². The monoisotopic (exact) mass is 247 g/mol. The van der Waals surface area contributed by atoms with Gasteiger partial charge in [-0.05, 0) is 32.0 Å². The zero-order valence-electron chi connectivity index (χ0n) is 10.3. The minimum absolute atomic E-state index is 0.288. The summed E-state index contributed by atoms with van der Waals surface area (Å²) < 4.78 is 14.7. The molecule has 0 atom stereocenters. The largest absolute Gasteiger partial charge is 0.307 e. The number of halogens is 1. The molecule has 0 saturated carbocycles. The number of benzene rings is 1. The van der Waals surface area contributed by atoms with Crippen LogP contribution in [0.2, 0.25) is 0 Å². The van der Waals surface area contributed by atoms with E-state index in [4.69, 9.17) is 0 Å². The first kappa shape index (κ1) is 12.3. The maximum atomic E-state index is 13.0. The molecule has 0 spiro atoms. The van der Waals surface area contributed by atoms with Gasteiger partial charge in [-0.3, -0.25) is 4.79 Å². The Morgan fingerprint density at radius 1 is 1.44 bits per heavy atom. The summed E-state index contributed by atoms with van der Waals surface area (Å²) in [5.74, 6) is -0.156. The Morgan fingerprint density at radius 3 is 2.89 bits per heavy atom. The van der Waals surface area contributed by atoms with Crippen molar-refractivity contribution in [3.05, 3.63) is 47.4 Å². The fourth-order valence-electron chi connectivity index (χ4n) is 1.71. The van der Waals surface area contributed by atoms with Gasteiger partial charge in [-0.1, -0.05) is 6.07 Å². The Labute approximate surface area is 104 Å². The number of hydrogen-bond donors (Lipinski definition) is 1. The van der Waals surface area contributed by atoms with E-state index in [1.54, 1.807) is 16.8 Å². The van der Waals surface area contributed by atoms with Crippen molar-refractivity contribution in [3.63, 3.8) is 0 Å². The molecule has 1 aromatic carbocycles. The van der Waals surface area contributed by atoms with E-state index in [2.05, 4.69) is 10.4 Å². The van der Waals surface area contributed by atoms with Crippen LogP contribution in [-0.2, 0) is 6.54 Å². The molecule has 94 valence electrons. The first-order chi connectivity index (χ1) is 8.60. The Hall–Kier alpha value is -2.17. The van der Waals surface area contributed by atoms with E-state index in [1.165, 1.54) is 18.2 Å². The van der Waals surface area contributed by atoms with E-state index in [-0.39, 0.29) is 11.5 Å². The predicted molar refractivity (Wildman–Crippen MR) is 67.0 cm³/mol. The number of carbonyl (C=O) groups excluding carboxylic acids is 1. The van der Waals surface area contributed by atoms with E-state index in [9.17, 15) is 9.18 Å². The zero-order chi connectivity index (χ0) is 13.1. The van der Waals surface area contributed by atoms with E-state index >= 15 is 0 Å². The topological polar surface area (TPSA) is 46.9 Å². The number of nitrogens with one attached hydrogen (secondary N) is 1. The standard InChI is InChI=1S/C13H14FN3O/c1-3-17-12(7-9(2)16-17)15-13(18)10-5-4-6-11(14)8-10/h4-8H,3H2,1-2H3,(H,15,18). The van der Waals surface area contributed by atoms with Gasteiger partial charge < -0.3 is 5.32 Å². The van der Waals surface area contributed by atoms with Gasteiger partial charge in [0.2, 0.25) is 0 Å². The molecule has 5 heteroatoms. The lowest BCUT2D eigenvalue weighted by atomic mass is 10.2. The second-order valence-corrected chi connectivity index (χ2v) is 3.95. The van der Waals surface area contributed by atoms with Crippen LogP contribution in [0, 0.1) is 12.7 Å². The van der Waals surface area contributed by atoms with Gasteiger partial charge in [-0.15, -0.1) is 0 Å². The zero-order valence-corrected chi connectivity index (χ0v) is 10.3. The molecule has 0 aliphatic heterocycles. The number of amides is 1. The molecular formula is C13H14FN3O. The maximum absolute atomic E-state index is 13.0. The fourth-order valence-corrected chi connectivity index (χ4v) is 1.71. The van der Waals surface area contributed by atoms with Crippen LogP contribution in [0.3, 0.4) is 0 Å². The Balaban J connectivity index is 2.21. The lowest BCUT2D eigenvalue weighted by Crippen LogP contribution is -2.15. The summed E-state index contributed by atoms with van der Waals surface area (Å²) >= 11 is 0. The van der Waals surface area contributed by atoms with Crippen molar-refractivity contribution in [2.24, 2.45) is 0 Å². The van der Waals surface area contributed by atoms with Crippen LogP contribution in [0.5, 0.6) is 0 Å². The predicted octanol–water partition coefficient (Wildman–Crippen LogP) is 2.60. The molecule has 1 N–H and O–H groups in total. The molecule has 0 aliphatic rings. The van der Waals surface area contributed by atoms with Gasteiger partial charge in [0.25, 0.3) is 5.91 Å². The van der Waals surface area contributed by atoms with Gasteiger partial charge in [0.1, 0.15) is 11.6 Å². The third kappa shape index (κ3) is 2.56. The van der Waals surface area contributed by atoms with Crippen molar-refractivity contribution < 1.29 is 9.18 Å². The van der Waals surface area contributed by atoms with Gasteiger partial charge in [0.15, 0.2) is 0 Å². The summed E-state index contributed by atoms with van der Waals surface area (Å²) in [7, 11) is 0. The van der Waals surface area contributed by atoms with Gasteiger partial charge in [-0.25, -0.2) is 9.07 Å². The number of hydrogen-bond acceptors (Lipinski definition) is 2. The number of rotatable bonds is 3. The number of carbonyl (C=O) groups is 1. The van der Waals surface area contributed by atoms with Crippen LogP contribution < -0.4 is 5.32 Å². The van der Waals surface area contributed by atoms with Gasteiger partial charge in [0.05, 0.1) is 5.69 Å². The first-order valence-electron chi connectivity index (χ1n) is 5.71. The minimum atomic E-state index is -0.428. The smallest absolute Gasteiger partial charge is 0.256 e. The maximum Gasteiger partial charge on any atom is 0.256 e. The highest BCUT2D eigenvalue weighted by atomic mass is 19.1. The molecule has 4 nitrogen and oxygen atoms in total. The fraction of sp³-hybridized carbons (Fsp3) is 0.231. The molecule has 0 saturated heterocycles. The van der Waals surface area contributed by atoms with Crippen molar-refractivity contribution in [2.45, 2.75) is 20.4 Å². The Morgan fingerprint density at radius 2 is 2.22 bits per heavy atom. The molecule has 0 bridgehead atoms. The second-order valence-electron chi connectivity index (χ2n) is 3.95. The summed E-state index contributed by atoms with van der Waals surface area (Å²) in [6.45, 7) is 4.45. The van der Waals surface area contributed by atoms with Gasteiger partial charge in [0, 0.05) is 18.2 Å². The molecule has 1 amide bonds. The number of aryl methyl sites for hydroxylation is 2. The molecular weight excluding hydrogens is 233 g/mol. The molecule has 0 aliphatic carbocycles. The lowest BCUT2D eigenvalue weighted by Gasteiger charge is -2.06. The molecule has 2 aromatic rings. The normalized spacial score (nSPS) is 10.4. The molecule has 0 radical (unpaired) electrons. The quantitative estimate of drug-likeness (QED) is 0.906. The van der Waals surface area contributed by atoms with E-state index in [1.807, 2.05) is 13.8 Å². The highest BCUT2D eigenvalue weighted by Gasteiger charge is 2.10. The third-order valence-electron chi connectivity index (χ3n) is 2.53. The van der Waals surface area contributed by atoms with Crippen LogP contribution >= 0.6 is 0 Å². The van der Waals surface area contributed by atoms with Crippen LogP contribution in [0.15, 0.2) is 30.3 Å². The number of aromatic nitrogens is 2. The molecule has 18 heavy (non-hydrogen) atoms. The van der Waals surface area contributed by atoms with E-state index in [0.717, 1.165) is 5.69 Å².